The van der Waals surface area contributed by atoms with Crippen LogP contribution in [0.1, 0.15) is 0 Å². The minimum Gasteiger partial charge on any atom is -1.00 e. The summed E-state index contributed by atoms with van der Waals surface area (Å²) < 4.78 is 24.2. The summed E-state index contributed by atoms with van der Waals surface area (Å²) in [4.78, 5) is 0. The van der Waals surface area contributed by atoms with E-state index < -0.39 is 11.0 Å². The molecule has 0 aromatic rings. The van der Waals surface area contributed by atoms with Gasteiger partial charge < -0.3 is 4.70 Å². The van der Waals surface area contributed by atoms with Gasteiger partial charge in [0.05, 0.1) is 0 Å². The van der Waals surface area contributed by atoms with Crippen molar-refractivity contribution >= 4 is 11.0 Å². The van der Waals surface area contributed by atoms with Crippen molar-refractivity contribution in [1.82, 2.24) is 0 Å². The van der Waals surface area contributed by atoms with Gasteiger partial charge in [0, 0.05) is 0 Å². The quantitative estimate of drug-likeness (QED) is 0.192. The van der Waals surface area contributed by atoms with Gasteiger partial charge in [0.15, 0.2) is 0 Å². The molecule has 0 aliphatic rings. The van der Waals surface area contributed by atoms with Gasteiger partial charge in [0.2, 0.25) is 0 Å². The van der Waals surface area contributed by atoms with E-state index in [4.69, 9.17) is 13.0 Å². The Kier molecular flexibility index (Phi) is 24.5. The van der Waals surface area contributed by atoms with E-state index in [0.29, 0.717) is 0 Å². The molecule has 0 radical (unpaired) electrons. The molecule has 0 saturated heterocycles. The first-order valence-corrected chi connectivity index (χ1v) is 1.70. The van der Waals surface area contributed by atoms with Crippen LogP contribution in [-0.4, -0.2) is 13.0 Å². The summed E-state index contributed by atoms with van der Waals surface area (Å²) in [6, 6.07) is 0. The maximum absolute atomic E-state index is 8.59. The van der Waals surface area contributed by atoms with E-state index in [2.05, 4.69) is 0 Å². The van der Waals surface area contributed by atoms with Crippen molar-refractivity contribution in [3.05, 3.63) is 0 Å². The molecule has 6 heavy (non-hydrogen) atoms. The predicted molar refractivity (Wildman–Crippen MR) is 12.9 cm³/mol. The third-order valence-electron chi connectivity index (χ3n) is 0. The monoisotopic (exact) mass is 124 g/mol. The van der Waals surface area contributed by atoms with E-state index in [0.717, 1.165) is 0 Å². The molecular weight excluding hydrogens is 122 g/mol. The summed E-state index contributed by atoms with van der Waals surface area (Å²) in [6.45, 7) is 0. The zero-order valence-electron chi connectivity index (χ0n) is 3.09. The van der Waals surface area contributed by atoms with Gasteiger partial charge in [-0.15, -0.1) is 0 Å². The number of thiol groups is 1. The summed E-state index contributed by atoms with van der Waals surface area (Å²) >= 11 is 0. The van der Waals surface area contributed by atoms with Crippen molar-refractivity contribution < 1.29 is 47.2 Å². The Labute approximate surface area is 58.2 Å². The molecule has 1 N–H and O–H groups in total. The molecule has 0 amide bonds. The Morgan fingerprint density at radius 1 is 1.33 bits per heavy atom. The maximum Gasteiger partial charge on any atom is 1.00 e. The van der Waals surface area contributed by atoms with Crippen LogP contribution in [-0.2, 0) is 11.0 Å². The zero-order chi connectivity index (χ0) is 3.58. The fourth-order valence-corrected chi connectivity index (χ4v) is 0. The van der Waals surface area contributed by atoms with Crippen molar-refractivity contribution in [2.24, 2.45) is 0 Å². The molecule has 6 heteroatoms. The molecule has 3 nitrogen and oxygen atoms in total. The Morgan fingerprint density at radius 3 is 1.33 bits per heavy atom. The second-order valence-corrected chi connectivity index (χ2v) is 0.714. The first-order valence-electron chi connectivity index (χ1n) is 0.565. The minimum atomic E-state index is -3.12. The van der Waals surface area contributed by atoms with Gasteiger partial charge >= 0.3 is 29.6 Å². The molecular formula is H2FNaO3S. The topological polar surface area (TPSA) is 54.4 Å². The zero-order valence-corrected chi connectivity index (χ0v) is 5.98. The van der Waals surface area contributed by atoms with E-state index in [1.54, 1.807) is 0 Å². The van der Waals surface area contributed by atoms with Crippen LogP contribution in [0.25, 0.3) is 0 Å². The molecule has 0 aromatic heterocycles. The normalized spacial score (nSPS) is 5.67. The van der Waals surface area contributed by atoms with Gasteiger partial charge in [-0.25, -0.2) is 8.42 Å². The van der Waals surface area contributed by atoms with Crippen LogP contribution in [0.15, 0.2) is 0 Å². The molecule has 0 aromatic carbocycles. The molecule has 0 spiro atoms. The van der Waals surface area contributed by atoms with Crippen LogP contribution >= 0.6 is 0 Å². The van der Waals surface area contributed by atoms with E-state index in [-0.39, 0.29) is 34.3 Å². The first kappa shape index (κ1) is 15.8. The summed E-state index contributed by atoms with van der Waals surface area (Å²) in [7, 11) is -3.12. The second-order valence-electron chi connectivity index (χ2n) is 0.238. The molecule has 0 saturated carbocycles. The molecule has 0 bridgehead atoms. The number of rotatable bonds is 0. The molecule has 0 aliphatic carbocycles. The Hall–Kier alpha value is 0.840. The Morgan fingerprint density at radius 2 is 1.33 bits per heavy atom. The van der Waals surface area contributed by atoms with Gasteiger partial charge in [-0.3, -0.25) is 4.55 Å². The van der Waals surface area contributed by atoms with Crippen molar-refractivity contribution in [2.75, 3.05) is 0 Å². The van der Waals surface area contributed by atoms with Crippen LogP contribution in [0, 0.1) is 0 Å². The average Bonchev–Trinajstić information content (AvgIpc) is 0.811. The third kappa shape index (κ3) is 101. The number of halogens is 1. The van der Waals surface area contributed by atoms with E-state index in [1.807, 2.05) is 0 Å². The van der Waals surface area contributed by atoms with Gasteiger partial charge in [0.25, 0.3) is 11.0 Å². The largest absolute Gasteiger partial charge is 1.00 e. The SMILES string of the molecule is O=[SH](=O)O.[F-].[Na+]. The van der Waals surface area contributed by atoms with Crippen molar-refractivity contribution in [3.8, 4) is 0 Å². The first-order chi connectivity index (χ1) is 1.73. The fourth-order valence-electron chi connectivity index (χ4n) is 0. The van der Waals surface area contributed by atoms with Crippen molar-refractivity contribution in [3.63, 3.8) is 0 Å². The smallest absolute Gasteiger partial charge is 1.00 e. The molecule has 0 unspecified atom stereocenters. The van der Waals surface area contributed by atoms with E-state index >= 15 is 0 Å². The van der Waals surface area contributed by atoms with Crippen LogP contribution in [0.4, 0.5) is 0 Å². The Balaban J connectivity index is -0.0000000450. The molecule has 0 atom stereocenters. The van der Waals surface area contributed by atoms with Crippen molar-refractivity contribution in [1.29, 1.82) is 0 Å². The van der Waals surface area contributed by atoms with E-state index in [9.17, 15) is 0 Å². The predicted octanol–water partition coefficient (Wildman–Crippen LogP) is -6.92. The van der Waals surface area contributed by atoms with Gasteiger partial charge in [0.1, 0.15) is 0 Å². The van der Waals surface area contributed by atoms with Crippen molar-refractivity contribution in [2.45, 2.75) is 0 Å². The average molecular weight is 124 g/mol. The summed E-state index contributed by atoms with van der Waals surface area (Å²) in [5.41, 5.74) is 0. The third-order valence-corrected chi connectivity index (χ3v) is 0. The fraction of sp³-hybridized carbons (Fsp3) is 0. The van der Waals surface area contributed by atoms with Crippen LogP contribution in [0.5, 0.6) is 0 Å². The van der Waals surface area contributed by atoms with Gasteiger partial charge in [-0.05, 0) is 0 Å². The van der Waals surface area contributed by atoms with E-state index in [1.165, 1.54) is 0 Å². The van der Waals surface area contributed by atoms with Gasteiger partial charge in [-0.1, -0.05) is 0 Å². The van der Waals surface area contributed by atoms with Crippen LogP contribution < -0.4 is 34.3 Å². The maximum atomic E-state index is 8.59. The molecule has 0 fully saturated rings. The molecule has 34 valence electrons. The number of hydrogen-bond donors (Lipinski definition) is 2. The second kappa shape index (κ2) is 9.28. The van der Waals surface area contributed by atoms with Gasteiger partial charge in [-0.2, -0.15) is 0 Å². The molecule has 0 heterocycles. The Bertz CT molecular complexity index is 59.2. The summed E-state index contributed by atoms with van der Waals surface area (Å²) in [6.07, 6.45) is 0. The standard InChI is InChI=1S/FH.Na.H2O3S/c;;1-4(2)3/h1H;;4H,(H,1,2,3)/q;+1;/p-1. The number of hydrogen-bond acceptors (Lipinski definition) is 2. The summed E-state index contributed by atoms with van der Waals surface area (Å²) in [5.74, 6) is 0. The molecule has 0 aliphatic heterocycles. The molecule has 0 rings (SSSR count). The minimum absolute atomic E-state index is 0. The van der Waals surface area contributed by atoms with Crippen LogP contribution in [0.3, 0.4) is 0 Å². The summed E-state index contributed by atoms with van der Waals surface area (Å²) in [5, 5.41) is 0. The van der Waals surface area contributed by atoms with Crippen LogP contribution in [0.2, 0.25) is 0 Å².